The molecule has 0 aromatic carbocycles. The summed E-state index contributed by atoms with van der Waals surface area (Å²) in [6.07, 6.45) is -5.10. The van der Waals surface area contributed by atoms with Crippen molar-refractivity contribution in [3.63, 3.8) is 0 Å². The summed E-state index contributed by atoms with van der Waals surface area (Å²) in [5.74, 6) is 0. The summed E-state index contributed by atoms with van der Waals surface area (Å²) < 4.78 is 40.7. The van der Waals surface area contributed by atoms with Crippen LogP contribution in [0.15, 0.2) is 0 Å². The number of hydrogen-bond acceptors (Lipinski definition) is 4. The van der Waals surface area contributed by atoms with Gasteiger partial charge in [0.1, 0.15) is 7.85 Å². The fraction of sp³-hybridized carbons (Fsp3) is 1.00. The average Bonchev–Trinajstić information content (AvgIpc) is 2.10. The van der Waals surface area contributed by atoms with Crippen LogP contribution in [0.2, 0.25) is 0 Å². The average molecular weight is 214 g/mol. The van der Waals surface area contributed by atoms with Crippen molar-refractivity contribution in [2.24, 2.45) is 0 Å². The van der Waals surface area contributed by atoms with Crippen molar-refractivity contribution in [2.45, 2.75) is 17.8 Å². The maximum absolute atomic E-state index is 12.1. The summed E-state index contributed by atoms with van der Waals surface area (Å²) in [6, 6.07) is -2.14. The largest absolute Gasteiger partial charge is 0.421 e. The van der Waals surface area contributed by atoms with Gasteiger partial charge in [-0.15, -0.1) is 0 Å². The molecule has 0 bridgehead atoms. The monoisotopic (exact) mass is 214 g/mol. The van der Waals surface area contributed by atoms with E-state index in [1.807, 2.05) is 0 Å². The summed E-state index contributed by atoms with van der Waals surface area (Å²) in [6.45, 7) is -2.60. The Morgan fingerprint density at radius 1 is 1.29 bits per heavy atom. The zero-order chi connectivity index (χ0) is 11.4. The molecule has 2 radical (unpaired) electrons. The topological polar surface area (TPSA) is 69.9 Å². The van der Waals surface area contributed by atoms with Gasteiger partial charge in [0.15, 0.2) is 0 Å². The molecule has 0 aromatic rings. The first-order valence-corrected chi connectivity index (χ1v) is 3.67. The fourth-order valence-electron chi connectivity index (χ4n) is 0.658. The van der Waals surface area contributed by atoms with Crippen LogP contribution in [0.5, 0.6) is 0 Å². The minimum atomic E-state index is -5.10. The van der Waals surface area contributed by atoms with Crippen LogP contribution in [-0.4, -0.2) is 60.8 Å². The smallest absolute Gasteiger partial charge is 0.394 e. The Bertz CT molecular complexity index is 177. The molecule has 14 heavy (non-hydrogen) atoms. The molecule has 82 valence electrons. The van der Waals surface area contributed by atoms with E-state index >= 15 is 0 Å². The van der Waals surface area contributed by atoms with Crippen molar-refractivity contribution in [3.8, 4) is 0 Å². The Hall–Kier alpha value is -0.305. The Morgan fingerprint density at radius 2 is 1.79 bits per heavy atom. The second-order valence-electron chi connectivity index (χ2n) is 2.60. The molecule has 2 atom stereocenters. The van der Waals surface area contributed by atoms with Gasteiger partial charge in [-0.25, -0.2) is 0 Å². The lowest BCUT2D eigenvalue weighted by atomic mass is 9.82. The lowest BCUT2D eigenvalue weighted by Gasteiger charge is -2.34. The van der Waals surface area contributed by atoms with E-state index in [9.17, 15) is 13.2 Å². The van der Waals surface area contributed by atoms with E-state index in [4.69, 9.17) is 23.2 Å². The fourth-order valence-corrected chi connectivity index (χ4v) is 0.658. The lowest BCUT2D eigenvalue weighted by Crippen LogP contribution is -2.58. The minimum Gasteiger partial charge on any atom is -0.394 e. The van der Waals surface area contributed by atoms with E-state index in [0.29, 0.717) is 0 Å². The number of alkyl halides is 3. The summed E-state index contributed by atoms with van der Waals surface area (Å²) in [7, 11) is 4.87. The zero-order valence-electron chi connectivity index (χ0n) is 7.16. The first kappa shape index (κ1) is 13.7. The van der Waals surface area contributed by atoms with E-state index in [1.54, 1.807) is 0 Å². The molecule has 0 rings (SSSR count). The number of hydrogen-bond donors (Lipinski definition) is 3. The Morgan fingerprint density at radius 3 is 2.07 bits per heavy atom. The van der Waals surface area contributed by atoms with Gasteiger partial charge in [0.25, 0.3) is 0 Å². The van der Waals surface area contributed by atoms with E-state index in [-0.39, 0.29) is 0 Å². The van der Waals surface area contributed by atoms with Crippen molar-refractivity contribution < 1.29 is 33.2 Å². The first-order valence-electron chi connectivity index (χ1n) is 3.67. The van der Waals surface area contributed by atoms with Gasteiger partial charge in [-0.05, 0) is 0 Å². The highest BCUT2D eigenvalue weighted by Crippen LogP contribution is 2.33. The summed E-state index contributed by atoms with van der Waals surface area (Å²) >= 11 is 0. The lowest BCUT2D eigenvalue weighted by molar-refractivity contribution is -0.293. The second kappa shape index (κ2) is 4.97. The maximum Gasteiger partial charge on any atom is 0.421 e. The Kier molecular flexibility index (Phi) is 4.86. The number of rotatable bonds is 5. The van der Waals surface area contributed by atoms with E-state index in [0.717, 1.165) is 0 Å². The predicted octanol–water partition coefficient (Wildman–Crippen LogP) is -1.22. The molecule has 0 saturated heterocycles. The zero-order valence-corrected chi connectivity index (χ0v) is 7.16. The van der Waals surface area contributed by atoms with Gasteiger partial charge in [0, 0.05) is 0 Å². The highest BCUT2D eigenvalue weighted by Gasteiger charge is 2.57. The molecular weight excluding hydrogens is 204 g/mol. The second-order valence-corrected chi connectivity index (χ2v) is 2.60. The van der Waals surface area contributed by atoms with Crippen molar-refractivity contribution in [1.29, 1.82) is 0 Å². The Labute approximate surface area is 79.7 Å². The molecule has 4 nitrogen and oxygen atoms in total. The SMILES string of the molecule is [B][C@H](OCCO)[C@](O)(CO)C(F)(F)F. The van der Waals surface area contributed by atoms with Gasteiger partial charge in [-0.3, -0.25) is 0 Å². The molecule has 0 aliphatic heterocycles. The van der Waals surface area contributed by atoms with E-state index in [1.165, 1.54) is 0 Å². The summed E-state index contributed by atoms with van der Waals surface area (Å²) in [4.78, 5) is 0. The molecule has 3 N–H and O–H groups in total. The van der Waals surface area contributed by atoms with Gasteiger partial charge in [0.2, 0.25) is 5.60 Å². The maximum atomic E-state index is 12.1. The van der Waals surface area contributed by atoms with E-state index < -0.39 is 37.6 Å². The Balaban J connectivity index is 4.51. The summed E-state index contributed by atoms with van der Waals surface area (Å²) in [5, 5.41) is 25.6. The van der Waals surface area contributed by atoms with Crippen LogP contribution < -0.4 is 0 Å². The molecule has 0 fully saturated rings. The van der Waals surface area contributed by atoms with Gasteiger partial charge in [-0.1, -0.05) is 0 Å². The van der Waals surface area contributed by atoms with Gasteiger partial charge < -0.3 is 20.1 Å². The van der Waals surface area contributed by atoms with Gasteiger partial charge in [-0.2, -0.15) is 13.2 Å². The van der Waals surface area contributed by atoms with Crippen LogP contribution >= 0.6 is 0 Å². The molecule has 0 spiro atoms. The molecule has 0 heterocycles. The van der Waals surface area contributed by atoms with Crippen molar-refractivity contribution in [1.82, 2.24) is 0 Å². The summed E-state index contributed by atoms with van der Waals surface area (Å²) in [5.41, 5.74) is -3.51. The van der Waals surface area contributed by atoms with Gasteiger partial charge in [0.05, 0.1) is 25.8 Å². The minimum absolute atomic E-state index is 0.459. The van der Waals surface area contributed by atoms with Crippen LogP contribution in [0.3, 0.4) is 0 Å². The molecule has 0 aromatic heterocycles. The number of aliphatic hydroxyl groups is 3. The van der Waals surface area contributed by atoms with E-state index in [2.05, 4.69) is 4.74 Å². The van der Waals surface area contributed by atoms with Crippen LogP contribution in [0.1, 0.15) is 0 Å². The molecule has 0 aliphatic rings. The third-order valence-electron chi connectivity index (χ3n) is 1.59. The number of ether oxygens (including phenoxy) is 1. The van der Waals surface area contributed by atoms with Crippen molar-refractivity contribution in [2.75, 3.05) is 19.8 Å². The third kappa shape index (κ3) is 2.84. The molecule has 0 saturated carbocycles. The molecule has 8 heteroatoms. The highest BCUT2D eigenvalue weighted by molar-refractivity contribution is 6.12. The molecule has 0 amide bonds. The van der Waals surface area contributed by atoms with Crippen molar-refractivity contribution >= 4 is 7.85 Å². The number of aliphatic hydroxyl groups excluding tert-OH is 2. The van der Waals surface area contributed by atoms with Crippen LogP contribution in [0.4, 0.5) is 13.2 Å². The van der Waals surface area contributed by atoms with Crippen LogP contribution in [0.25, 0.3) is 0 Å². The molecule has 0 unspecified atom stereocenters. The first-order chi connectivity index (χ1) is 6.29. The van der Waals surface area contributed by atoms with Gasteiger partial charge >= 0.3 is 6.18 Å². The quantitative estimate of drug-likeness (QED) is 0.501. The normalized spacial score (nSPS) is 19.0. The number of halogens is 3. The molecule has 0 aliphatic carbocycles. The standard InChI is InChI=1S/C6H10BF3O4/c7-4(14-2-1-11)5(13,3-12)6(8,9)10/h4,11-13H,1-3H2/t4-,5-/m1/s1. The van der Waals surface area contributed by atoms with Crippen LogP contribution in [-0.2, 0) is 4.74 Å². The predicted molar refractivity (Wildman–Crippen MR) is 40.7 cm³/mol. The third-order valence-corrected chi connectivity index (χ3v) is 1.59. The van der Waals surface area contributed by atoms with Crippen molar-refractivity contribution in [3.05, 3.63) is 0 Å². The van der Waals surface area contributed by atoms with Crippen LogP contribution in [0, 0.1) is 0 Å². The highest BCUT2D eigenvalue weighted by atomic mass is 19.4. The molecular formula is C6H10BF3O4.